The van der Waals surface area contributed by atoms with Crippen LogP contribution in [0.1, 0.15) is 37.0 Å². The molecule has 0 aromatic carbocycles. The molecule has 0 fully saturated rings. The summed E-state index contributed by atoms with van der Waals surface area (Å²) in [6.45, 7) is 2.11. The third-order valence-electron chi connectivity index (χ3n) is 3.77. The van der Waals surface area contributed by atoms with Gasteiger partial charge in [-0.3, -0.25) is 0 Å². The van der Waals surface area contributed by atoms with Crippen molar-refractivity contribution in [2.24, 2.45) is 0 Å². The third kappa shape index (κ3) is 3.81. The van der Waals surface area contributed by atoms with Crippen molar-refractivity contribution in [3.05, 3.63) is 45.5 Å². The summed E-state index contributed by atoms with van der Waals surface area (Å²) in [6.07, 6.45) is 9.07. The Balaban J connectivity index is 1.43. The lowest BCUT2D eigenvalue weighted by Crippen LogP contribution is -2.14. The lowest BCUT2D eigenvalue weighted by molar-refractivity contribution is 0.635. The molecule has 0 spiro atoms. The summed E-state index contributed by atoms with van der Waals surface area (Å²) in [4.78, 5) is 2.81. The predicted octanol–water partition coefficient (Wildman–Crippen LogP) is 5.46. The summed E-state index contributed by atoms with van der Waals surface area (Å²) in [5.41, 5.74) is 3.03. The first-order chi connectivity index (χ1) is 9.92. The minimum absolute atomic E-state index is 1.00. The van der Waals surface area contributed by atoms with Gasteiger partial charge in [0.25, 0.3) is 0 Å². The zero-order valence-electron chi connectivity index (χ0n) is 11.7. The Bertz CT molecular complexity index is 551. The monoisotopic (exact) mass is 303 g/mol. The summed E-state index contributed by atoms with van der Waals surface area (Å²) < 4.78 is 0. The Morgan fingerprint density at radius 3 is 3.00 bits per heavy atom. The lowest BCUT2D eigenvalue weighted by atomic mass is 9.97. The van der Waals surface area contributed by atoms with E-state index >= 15 is 0 Å². The van der Waals surface area contributed by atoms with E-state index in [1.54, 1.807) is 5.57 Å². The highest BCUT2D eigenvalue weighted by molar-refractivity contribution is 7.14. The van der Waals surface area contributed by atoms with E-state index in [0.717, 1.165) is 13.1 Å². The van der Waals surface area contributed by atoms with Gasteiger partial charge in [-0.15, -0.1) is 22.7 Å². The molecule has 20 heavy (non-hydrogen) atoms. The molecule has 2 aromatic heterocycles. The molecule has 1 nitrogen and oxygen atoms in total. The van der Waals surface area contributed by atoms with Crippen molar-refractivity contribution in [1.82, 2.24) is 5.32 Å². The van der Waals surface area contributed by atoms with Crippen LogP contribution in [0.15, 0.2) is 40.6 Å². The molecule has 0 atom stereocenters. The summed E-state index contributed by atoms with van der Waals surface area (Å²) in [7, 11) is 0. The van der Waals surface area contributed by atoms with Crippen molar-refractivity contribution < 1.29 is 0 Å². The van der Waals surface area contributed by atoms with E-state index in [9.17, 15) is 0 Å². The van der Waals surface area contributed by atoms with Crippen molar-refractivity contribution in [1.29, 1.82) is 0 Å². The molecule has 0 saturated heterocycles. The van der Waals surface area contributed by atoms with Gasteiger partial charge in [0.1, 0.15) is 0 Å². The second-order valence-electron chi connectivity index (χ2n) is 5.31. The van der Waals surface area contributed by atoms with Crippen LogP contribution in [0.5, 0.6) is 0 Å². The van der Waals surface area contributed by atoms with Crippen LogP contribution in [0.25, 0.3) is 10.4 Å². The van der Waals surface area contributed by atoms with E-state index in [-0.39, 0.29) is 0 Å². The first-order valence-electron chi connectivity index (χ1n) is 7.42. The van der Waals surface area contributed by atoms with Gasteiger partial charge in [0, 0.05) is 21.9 Å². The zero-order chi connectivity index (χ0) is 13.6. The fourth-order valence-corrected chi connectivity index (χ4v) is 4.28. The van der Waals surface area contributed by atoms with Gasteiger partial charge in [0.05, 0.1) is 0 Å². The van der Waals surface area contributed by atoms with E-state index in [1.807, 2.05) is 22.7 Å². The smallest absolute Gasteiger partial charge is 0.0351 e. The second kappa shape index (κ2) is 7.21. The first kappa shape index (κ1) is 14.1. The summed E-state index contributed by atoms with van der Waals surface area (Å²) in [5, 5.41) is 7.99. The number of rotatable bonds is 6. The largest absolute Gasteiger partial charge is 0.312 e. The molecule has 0 radical (unpaired) electrons. The minimum atomic E-state index is 1.00. The van der Waals surface area contributed by atoms with E-state index in [1.165, 1.54) is 47.4 Å². The van der Waals surface area contributed by atoms with Gasteiger partial charge in [-0.2, -0.15) is 0 Å². The van der Waals surface area contributed by atoms with Gasteiger partial charge in [-0.1, -0.05) is 17.7 Å². The SMILES string of the molecule is C1=C(CCNCc2cc(-c3cccs3)cs2)CCCC1. The number of hydrogen-bond donors (Lipinski definition) is 1. The van der Waals surface area contributed by atoms with Gasteiger partial charge < -0.3 is 5.32 Å². The van der Waals surface area contributed by atoms with Crippen LogP contribution < -0.4 is 5.32 Å². The average Bonchev–Trinajstić information content (AvgIpc) is 3.15. The minimum Gasteiger partial charge on any atom is -0.312 e. The van der Waals surface area contributed by atoms with Crippen LogP contribution >= 0.6 is 22.7 Å². The number of thiophene rings is 2. The Hall–Kier alpha value is -0.900. The standard InChI is InChI=1S/C17H21NS2/c1-2-5-14(6-3-1)8-9-18-12-16-11-15(13-20-16)17-7-4-10-19-17/h4-5,7,10-11,13,18H,1-3,6,8-9,12H2. The highest BCUT2D eigenvalue weighted by Crippen LogP contribution is 2.29. The second-order valence-corrected chi connectivity index (χ2v) is 7.26. The molecule has 0 saturated carbocycles. The van der Waals surface area contributed by atoms with Crippen molar-refractivity contribution in [3.63, 3.8) is 0 Å². The third-order valence-corrected chi connectivity index (χ3v) is 5.62. The summed E-state index contributed by atoms with van der Waals surface area (Å²) in [5.74, 6) is 0. The van der Waals surface area contributed by atoms with E-state index in [2.05, 4.69) is 40.4 Å². The van der Waals surface area contributed by atoms with E-state index < -0.39 is 0 Å². The van der Waals surface area contributed by atoms with E-state index in [4.69, 9.17) is 0 Å². The highest BCUT2D eigenvalue weighted by atomic mass is 32.1. The Kier molecular flexibility index (Phi) is 5.06. The van der Waals surface area contributed by atoms with Crippen LogP contribution in [0, 0.1) is 0 Å². The molecular weight excluding hydrogens is 282 g/mol. The summed E-state index contributed by atoms with van der Waals surface area (Å²) in [6, 6.07) is 6.64. The maximum absolute atomic E-state index is 3.58. The molecule has 0 unspecified atom stereocenters. The van der Waals surface area contributed by atoms with Crippen molar-refractivity contribution >= 4 is 22.7 Å². The highest BCUT2D eigenvalue weighted by Gasteiger charge is 2.05. The molecule has 0 bridgehead atoms. The van der Waals surface area contributed by atoms with Gasteiger partial charge >= 0.3 is 0 Å². The molecule has 2 heterocycles. The average molecular weight is 303 g/mol. The molecule has 1 N–H and O–H groups in total. The topological polar surface area (TPSA) is 12.0 Å². The van der Waals surface area contributed by atoms with Gasteiger partial charge in [-0.05, 0) is 61.5 Å². The van der Waals surface area contributed by atoms with Crippen molar-refractivity contribution in [2.75, 3.05) is 6.54 Å². The predicted molar refractivity (Wildman–Crippen MR) is 90.5 cm³/mol. The first-order valence-corrected chi connectivity index (χ1v) is 9.18. The molecular formula is C17H21NS2. The molecule has 3 heteroatoms. The summed E-state index contributed by atoms with van der Waals surface area (Å²) >= 11 is 3.68. The van der Waals surface area contributed by atoms with Crippen LogP contribution in [0.3, 0.4) is 0 Å². The fraction of sp³-hybridized carbons (Fsp3) is 0.412. The van der Waals surface area contributed by atoms with Gasteiger partial charge in [0.2, 0.25) is 0 Å². The quantitative estimate of drug-likeness (QED) is 0.552. The normalized spacial score (nSPS) is 15.3. The Morgan fingerprint density at radius 1 is 1.20 bits per heavy atom. The molecule has 0 amide bonds. The molecule has 0 aliphatic heterocycles. The van der Waals surface area contributed by atoms with Crippen LogP contribution in [0.4, 0.5) is 0 Å². The maximum Gasteiger partial charge on any atom is 0.0351 e. The lowest BCUT2D eigenvalue weighted by Gasteiger charge is -2.12. The number of nitrogens with one attached hydrogen (secondary N) is 1. The fourth-order valence-electron chi connectivity index (χ4n) is 2.64. The molecule has 1 aliphatic carbocycles. The van der Waals surface area contributed by atoms with Crippen molar-refractivity contribution in [3.8, 4) is 10.4 Å². The Labute approximate surface area is 129 Å². The van der Waals surface area contributed by atoms with Crippen molar-refractivity contribution in [2.45, 2.75) is 38.6 Å². The maximum atomic E-state index is 3.58. The molecule has 2 aromatic rings. The van der Waals surface area contributed by atoms with Crippen LogP contribution in [0.2, 0.25) is 0 Å². The Morgan fingerprint density at radius 2 is 2.20 bits per heavy atom. The molecule has 106 valence electrons. The van der Waals surface area contributed by atoms with Crippen LogP contribution in [-0.2, 0) is 6.54 Å². The number of hydrogen-bond acceptors (Lipinski definition) is 3. The van der Waals surface area contributed by atoms with Gasteiger partial charge in [0.15, 0.2) is 0 Å². The molecule has 3 rings (SSSR count). The van der Waals surface area contributed by atoms with E-state index in [0.29, 0.717) is 0 Å². The number of allylic oxidation sites excluding steroid dienone is 1. The zero-order valence-corrected chi connectivity index (χ0v) is 13.4. The van der Waals surface area contributed by atoms with Crippen LogP contribution in [-0.4, -0.2) is 6.54 Å². The van der Waals surface area contributed by atoms with Gasteiger partial charge in [-0.25, -0.2) is 0 Å². The molecule has 1 aliphatic rings.